The summed E-state index contributed by atoms with van der Waals surface area (Å²) in [7, 11) is 4.27. The summed E-state index contributed by atoms with van der Waals surface area (Å²) >= 11 is 0. The van der Waals surface area contributed by atoms with E-state index in [0.29, 0.717) is 13.1 Å². The zero-order chi connectivity index (χ0) is 44.1. The average Bonchev–Trinajstić information content (AvgIpc) is 3.18. The lowest BCUT2D eigenvalue weighted by atomic mass is 9.98. The highest BCUT2D eigenvalue weighted by atomic mass is 16.3. The average molecular weight is 827 g/mol. The monoisotopic (exact) mass is 826 g/mol. The lowest BCUT2D eigenvalue weighted by Gasteiger charge is -2.36. The Morgan fingerprint density at radius 2 is 1.34 bits per heavy atom. The molecule has 2 heterocycles. The van der Waals surface area contributed by atoms with Crippen LogP contribution >= 0.6 is 0 Å². The number of nitrogens with zero attached hydrogens (tertiary/aromatic N) is 4. The van der Waals surface area contributed by atoms with Crippen molar-refractivity contribution in [2.24, 2.45) is 11.8 Å². The van der Waals surface area contributed by atoms with Gasteiger partial charge in [0.25, 0.3) is 0 Å². The van der Waals surface area contributed by atoms with E-state index in [1.165, 1.54) is 44.8 Å². The van der Waals surface area contributed by atoms with E-state index in [4.69, 9.17) is 0 Å². The molecule has 0 unspecified atom stereocenters. The molecular weight excluding hydrogens is 761 g/mol. The highest BCUT2D eigenvalue weighted by Crippen LogP contribution is 2.18. The highest BCUT2D eigenvalue weighted by molar-refractivity contribution is 5.98. The van der Waals surface area contributed by atoms with E-state index in [-0.39, 0.29) is 31.1 Å². The van der Waals surface area contributed by atoms with Crippen LogP contribution in [-0.4, -0.2) is 155 Å². The third-order valence-electron chi connectivity index (χ3n) is 10.8. The van der Waals surface area contributed by atoms with Gasteiger partial charge >= 0.3 is 0 Å². The van der Waals surface area contributed by atoms with Gasteiger partial charge in [-0.25, -0.2) is 0 Å². The third kappa shape index (κ3) is 14.0. The van der Waals surface area contributed by atoms with E-state index in [0.717, 1.165) is 29.7 Å². The Kier molecular flexibility index (Phi) is 18.3. The second-order valence-electron chi connectivity index (χ2n) is 16.9. The summed E-state index contributed by atoms with van der Waals surface area (Å²) in [5.41, 5.74) is 0.730. The summed E-state index contributed by atoms with van der Waals surface area (Å²) in [6.45, 7) is 10.5. The Morgan fingerprint density at radius 1 is 0.729 bits per heavy atom. The van der Waals surface area contributed by atoms with Crippen molar-refractivity contribution in [1.82, 2.24) is 40.9 Å². The number of hydrogen-bond acceptors (Lipinski definition) is 9. The molecule has 1 aromatic carbocycles. The van der Waals surface area contributed by atoms with Crippen LogP contribution in [0.4, 0.5) is 0 Å². The van der Waals surface area contributed by atoms with E-state index in [1.54, 1.807) is 29.2 Å². The van der Waals surface area contributed by atoms with Crippen LogP contribution in [0.2, 0.25) is 0 Å². The number of rotatable bonds is 8. The summed E-state index contributed by atoms with van der Waals surface area (Å²) < 4.78 is 0. The van der Waals surface area contributed by atoms with Crippen LogP contribution in [0.25, 0.3) is 0 Å². The fourth-order valence-corrected chi connectivity index (χ4v) is 7.37. The molecular formula is C42H66N8O9. The van der Waals surface area contributed by atoms with Crippen LogP contribution in [0.1, 0.15) is 85.6 Å². The van der Waals surface area contributed by atoms with Crippen LogP contribution in [0.15, 0.2) is 30.3 Å². The van der Waals surface area contributed by atoms with Crippen LogP contribution < -0.4 is 21.3 Å². The van der Waals surface area contributed by atoms with Gasteiger partial charge in [0, 0.05) is 40.7 Å². The number of piperidine rings is 1. The number of aliphatic hydroxyl groups excluding tert-OH is 1. The van der Waals surface area contributed by atoms with Gasteiger partial charge in [0.05, 0.1) is 19.1 Å². The maximum atomic E-state index is 14.5. The molecule has 0 aliphatic carbocycles. The number of carbonyl (C=O) groups is 8. The Hall–Kier alpha value is -5.06. The normalized spacial score (nSPS) is 26.1. The van der Waals surface area contributed by atoms with E-state index < -0.39 is 103 Å². The fraction of sp³-hybridized carbons (Fsp3) is 0.667. The van der Waals surface area contributed by atoms with Crippen molar-refractivity contribution in [1.29, 1.82) is 0 Å². The maximum Gasteiger partial charge on any atom is 0.246 e. The van der Waals surface area contributed by atoms with Crippen LogP contribution in [0.5, 0.6) is 0 Å². The van der Waals surface area contributed by atoms with Crippen molar-refractivity contribution < 1.29 is 43.5 Å². The number of amides is 8. The second kappa shape index (κ2) is 22.3. The van der Waals surface area contributed by atoms with Crippen LogP contribution in [0.3, 0.4) is 0 Å². The smallest absolute Gasteiger partial charge is 0.246 e. The topological polar surface area (TPSA) is 218 Å². The molecule has 328 valence electrons. The Balaban J connectivity index is 2.12. The highest BCUT2D eigenvalue weighted by Gasteiger charge is 2.39. The number of benzene rings is 1. The SMILES string of the molecule is CC(C)C[C@@H]1NC(=O)[C@H]([C@@H](C)O)NC(=O)[C@H](CC(C)C)N(C)C(=O)[C@H](Cc2ccccc2)N(C)C(=O)CN(C)C(=O)[C@@H](C)NC(=O)C[C@@H](C(=O)N2CCCCC2)NC1=O. The van der Waals surface area contributed by atoms with Gasteiger partial charge in [0.15, 0.2) is 0 Å². The summed E-state index contributed by atoms with van der Waals surface area (Å²) in [6, 6.07) is 1.43. The van der Waals surface area contributed by atoms with Crippen molar-refractivity contribution in [3.63, 3.8) is 0 Å². The van der Waals surface area contributed by atoms with Gasteiger partial charge < -0.3 is 46.0 Å². The third-order valence-corrected chi connectivity index (χ3v) is 10.8. The first-order valence-electron chi connectivity index (χ1n) is 20.7. The van der Waals surface area contributed by atoms with Crippen molar-refractivity contribution in [2.45, 2.75) is 129 Å². The molecule has 0 spiro atoms. The number of likely N-dealkylation sites (tertiary alicyclic amines) is 1. The summed E-state index contributed by atoms with van der Waals surface area (Å²) in [4.78, 5) is 117. The predicted molar refractivity (Wildman–Crippen MR) is 220 cm³/mol. The number of carbonyl (C=O) groups excluding carboxylic acids is 8. The summed E-state index contributed by atoms with van der Waals surface area (Å²) in [5, 5.41) is 21.4. The van der Waals surface area contributed by atoms with Crippen molar-refractivity contribution in [2.75, 3.05) is 40.8 Å². The molecule has 7 atom stereocenters. The lowest BCUT2D eigenvalue weighted by Crippen LogP contribution is -2.62. The second-order valence-corrected chi connectivity index (χ2v) is 16.9. The van der Waals surface area contributed by atoms with Crippen molar-refractivity contribution >= 4 is 47.3 Å². The molecule has 5 N–H and O–H groups in total. The molecule has 0 bridgehead atoms. The van der Waals surface area contributed by atoms with Gasteiger partial charge in [-0.15, -0.1) is 0 Å². The minimum Gasteiger partial charge on any atom is -0.391 e. The molecule has 0 aromatic heterocycles. The molecule has 2 aliphatic heterocycles. The van der Waals surface area contributed by atoms with E-state index in [2.05, 4.69) is 21.3 Å². The first kappa shape index (κ1) is 48.3. The van der Waals surface area contributed by atoms with E-state index in [9.17, 15) is 43.5 Å². The van der Waals surface area contributed by atoms with Crippen molar-refractivity contribution in [3.05, 3.63) is 35.9 Å². The standard InChI is InChI=1S/C42H66N8O9/c1-25(2)20-30-37(54)45-31(41(58)50-18-14-11-15-19-50)23-34(52)43-27(5)40(57)47(7)24-35(53)48(8)33(22-29-16-12-10-13-17-29)42(59)49(9)32(21-26(3)4)38(55)46-36(28(6)51)39(56)44-30/h10,12-13,16-17,25-28,30-33,36,51H,11,14-15,18-24H2,1-9H3,(H,43,52)(H,44,56)(H,45,54)(H,46,55)/t27-,28-,30+,31+,32+,33+,36+/m1/s1. The van der Waals surface area contributed by atoms with Gasteiger partial charge in [-0.2, -0.15) is 0 Å². The molecule has 2 aliphatic rings. The zero-order valence-corrected chi connectivity index (χ0v) is 36.2. The molecule has 17 heteroatoms. The minimum absolute atomic E-state index is 0.0711. The Labute approximate surface area is 348 Å². The first-order chi connectivity index (χ1) is 27.7. The van der Waals surface area contributed by atoms with Crippen molar-refractivity contribution in [3.8, 4) is 0 Å². The fourth-order valence-electron chi connectivity index (χ4n) is 7.37. The minimum atomic E-state index is -1.56. The number of aliphatic hydroxyl groups is 1. The molecule has 1 aromatic rings. The lowest BCUT2D eigenvalue weighted by molar-refractivity contribution is -0.150. The molecule has 2 saturated heterocycles. The molecule has 3 rings (SSSR count). The molecule has 17 nitrogen and oxygen atoms in total. The summed E-state index contributed by atoms with van der Waals surface area (Å²) in [6.07, 6.45) is 0.790. The van der Waals surface area contributed by atoms with Crippen LogP contribution in [-0.2, 0) is 44.8 Å². The quantitative estimate of drug-likeness (QED) is 0.242. The summed E-state index contributed by atoms with van der Waals surface area (Å²) in [5.74, 6) is -5.63. The molecule has 59 heavy (non-hydrogen) atoms. The molecule has 2 fully saturated rings. The Morgan fingerprint density at radius 3 is 1.92 bits per heavy atom. The van der Waals surface area contributed by atoms with Gasteiger partial charge in [-0.3, -0.25) is 38.4 Å². The van der Waals surface area contributed by atoms with E-state index >= 15 is 0 Å². The molecule has 8 amide bonds. The van der Waals surface area contributed by atoms with Crippen LogP contribution in [0, 0.1) is 11.8 Å². The van der Waals surface area contributed by atoms with Gasteiger partial charge in [-0.1, -0.05) is 58.0 Å². The first-order valence-corrected chi connectivity index (χ1v) is 20.7. The molecule has 0 radical (unpaired) electrons. The number of nitrogens with one attached hydrogen (secondary N) is 4. The maximum absolute atomic E-state index is 14.5. The number of hydrogen-bond donors (Lipinski definition) is 5. The number of likely N-dealkylation sites (N-methyl/N-ethyl adjacent to an activating group) is 3. The van der Waals surface area contributed by atoms with E-state index in [1.807, 2.05) is 33.8 Å². The van der Waals surface area contributed by atoms with Gasteiger partial charge in [-0.05, 0) is 63.4 Å². The van der Waals surface area contributed by atoms with Gasteiger partial charge in [0.2, 0.25) is 47.3 Å². The molecule has 0 saturated carbocycles. The van der Waals surface area contributed by atoms with Gasteiger partial charge in [0.1, 0.15) is 36.3 Å². The Bertz CT molecular complexity index is 1650. The largest absolute Gasteiger partial charge is 0.391 e. The zero-order valence-electron chi connectivity index (χ0n) is 36.2. The predicted octanol–water partition coefficient (Wildman–Crippen LogP) is 0.190.